The second-order valence-corrected chi connectivity index (χ2v) is 8.22. The van der Waals surface area contributed by atoms with Gasteiger partial charge in [-0.2, -0.15) is 0 Å². The molecule has 150 valence electrons. The minimum Gasteiger partial charge on any atom is -0.457 e. The van der Waals surface area contributed by atoms with Gasteiger partial charge in [0.2, 0.25) is 0 Å². The Kier molecular flexibility index (Phi) is 5.27. The van der Waals surface area contributed by atoms with Gasteiger partial charge in [0, 0.05) is 17.0 Å². The van der Waals surface area contributed by atoms with E-state index in [9.17, 15) is 9.59 Å². The number of aryl methyl sites for hydroxylation is 3. The highest BCUT2D eigenvalue weighted by atomic mass is 16.5. The molecule has 0 saturated heterocycles. The smallest absolute Gasteiger partial charge is 0.338 e. The van der Waals surface area contributed by atoms with Gasteiger partial charge < -0.3 is 9.15 Å². The Morgan fingerprint density at radius 1 is 1.07 bits per heavy atom. The number of carbonyl (C=O) groups is 1. The Labute approximate surface area is 170 Å². The van der Waals surface area contributed by atoms with Gasteiger partial charge in [-0.1, -0.05) is 19.9 Å². The summed E-state index contributed by atoms with van der Waals surface area (Å²) in [6.45, 7) is 6.31. The minimum atomic E-state index is -0.436. The summed E-state index contributed by atoms with van der Waals surface area (Å²) < 4.78 is 11.0. The van der Waals surface area contributed by atoms with Gasteiger partial charge in [-0.05, 0) is 85.0 Å². The first-order valence-corrected chi connectivity index (χ1v) is 10.3. The first kappa shape index (κ1) is 19.4. The number of esters is 1. The number of ether oxygens (including phenoxy) is 1. The quantitative estimate of drug-likeness (QED) is 0.438. The number of rotatable bonds is 4. The molecule has 0 spiro atoms. The normalized spacial score (nSPS) is 13.5. The summed E-state index contributed by atoms with van der Waals surface area (Å²) in [5.74, 6) is -0.0202. The highest BCUT2D eigenvalue weighted by Crippen LogP contribution is 2.27. The molecule has 4 rings (SSSR count). The molecule has 0 saturated carbocycles. The fraction of sp³-hybridized carbons (Fsp3) is 0.360. The van der Waals surface area contributed by atoms with Gasteiger partial charge in [0.15, 0.2) is 0 Å². The van der Waals surface area contributed by atoms with E-state index in [1.807, 2.05) is 37.3 Å². The van der Waals surface area contributed by atoms with Gasteiger partial charge in [0.25, 0.3) is 0 Å². The third-order valence-corrected chi connectivity index (χ3v) is 5.78. The number of hydrogen-bond donors (Lipinski definition) is 0. The lowest BCUT2D eigenvalue weighted by Gasteiger charge is -2.16. The Morgan fingerprint density at radius 2 is 1.83 bits per heavy atom. The largest absolute Gasteiger partial charge is 0.457 e. The highest BCUT2D eigenvalue weighted by molar-refractivity contribution is 5.90. The standard InChI is InChI=1S/C25H26O4/c1-15(2)21-13-22-20(12-24(26)29-23(22)10-16(21)3)14-28-25(27)19-9-8-17-6-4-5-7-18(17)11-19/h8-13,15H,4-7,14H2,1-3H3. The second-order valence-electron chi connectivity index (χ2n) is 8.22. The summed E-state index contributed by atoms with van der Waals surface area (Å²) in [5, 5.41) is 0.817. The molecule has 1 aliphatic rings. The predicted octanol–water partition coefficient (Wildman–Crippen LogP) is 5.46. The molecule has 0 unspecified atom stereocenters. The molecule has 1 heterocycles. The van der Waals surface area contributed by atoms with Crippen LogP contribution in [0.5, 0.6) is 0 Å². The average molecular weight is 390 g/mol. The lowest BCUT2D eigenvalue weighted by molar-refractivity contribution is 0.0473. The van der Waals surface area contributed by atoms with E-state index in [4.69, 9.17) is 9.15 Å². The summed E-state index contributed by atoms with van der Waals surface area (Å²) in [7, 11) is 0. The molecule has 0 N–H and O–H groups in total. The maximum absolute atomic E-state index is 12.6. The van der Waals surface area contributed by atoms with E-state index in [0.29, 0.717) is 22.6 Å². The molecular weight excluding hydrogens is 364 g/mol. The van der Waals surface area contributed by atoms with Crippen molar-refractivity contribution >= 4 is 16.9 Å². The van der Waals surface area contributed by atoms with E-state index in [1.54, 1.807) is 0 Å². The SMILES string of the molecule is Cc1cc2oc(=O)cc(COC(=O)c3ccc4c(c3)CCCC4)c2cc1C(C)C. The molecule has 29 heavy (non-hydrogen) atoms. The topological polar surface area (TPSA) is 56.5 Å². The summed E-state index contributed by atoms with van der Waals surface area (Å²) in [5.41, 5.74) is 6.17. The number of hydrogen-bond acceptors (Lipinski definition) is 4. The average Bonchev–Trinajstić information content (AvgIpc) is 2.70. The Morgan fingerprint density at radius 3 is 2.59 bits per heavy atom. The van der Waals surface area contributed by atoms with Crippen LogP contribution in [0.15, 0.2) is 45.6 Å². The Balaban J connectivity index is 1.61. The number of fused-ring (bicyclic) bond motifs is 2. The van der Waals surface area contributed by atoms with Crippen LogP contribution in [-0.4, -0.2) is 5.97 Å². The van der Waals surface area contributed by atoms with E-state index in [2.05, 4.69) is 13.8 Å². The number of carbonyl (C=O) groups excluding carboxylic acids is 1. The lowest BCUT2D eigenvalue weighted by Crippen LogP contribution is -2.10. The maximum Gasteiger partial charge on any atom is 0.338 e. The zero-order valence-electron chi connectivity index (χ0n) is 17.2. The first-order chi connectivity index (χ1) is 13.9. The van der Waals surface area contributed by atoms with Crippen molar-refractivity contribution in [1.82, 2.24) is 0 Å². The van der Waals surface area contributed by atoms with Crippen LogP contribution >= 0.6 is 0 Å². The van der Waals surface area contributed by atoms with E-state index < -0.39 is 5.63 Å². The second kappa shape index (κ2) is 7.86. The van der Waals surface area contributed by atoms with Gasteiger partial charge in [-0.15, -0.1) is 0 Å². The molecule has 0 amide bonds. The van der Waals surface area contributed by atoms with Crippen molar-refractivity contribution in [3.05, 3.63) is 80.2 Å². The van der Waals surface area contributed by atoms with Crippen LogP contribution in [-0.2, 0) is 24.2 Å². The van der Waals surface area contributed by atoms with Crippen molar-refractivity contribution in [2.24, 2.45) is 0 Å². The van der Waals surface area contributed by atoms with Gasteiger partial charge in [0.1, 0.15) is 12.2 Å². The van der Waals surface area contributed by atoms with Crippen molar-refractivity contribution in [2.75, 3.05) is 0 Å². The van der Waals surface area contributed by atoms with Gasteiger partial charge in [0.05, 0.1) is 5.56 Å². The van der Waals surface area contributed by atoms with E-state index in [0.717, 1.165) is 30.2 Å². The van der Waals surface area contributed by atoms with Gasteiger partial charge in [-0.3, -0.25) is 0 Å². The molecule has 4 heteroatoms. The summed E-state index contributed by atoms with van der Waals surface area (Å²) in [4.78, 5) is 24.6. The van der Waals surface area contributed by atoms with Crippen molar-refractivity contribution in [3.8, 4) is 0 Å². The highest BCUT2D eigenvalue weighted by Gasteiger charge is 2.16. The van der Waals surface area contributed by atoms with E-state index >= 15 is 0 Å². The minimum absolute atomic E-state index is 0.0403. The molecule has 0 radical (unpaired) electrons. The summed E-state index contributed by atoms with van der Waals surface area (Å²) in [6.07, 6.45) is 4.46. The molecule has 0 fully saturated rings. The molecule has 1 aromatic heterocycles. The van der Waals surface area contributed by atoms with Gasteiger partial charge >= 0.3 is 11.6 Å². The van der Waals surface area contributed by atoms with Crippen LogP contribution in [0.2, 0.25) is 0 Å². The van der Waals surface area contributed by atoms with E-state index in [-0.39, 0.29) is 12.6 Å². The molecular formula is C25H26O4. The fourth-order valence-corrected chi connectivity index (χ4v) is 4.22. The molecule has 3 aromatic rings. The molecule has 0 bridgehead atoms. The third kappa shape index (κ3) is 3.98. The molecule has 4 nitrogen and oxygen atoms in total. The Bertz CT molecular complexity index is 1140. The van der Waals surface area contributed by atoms with Crippen molar-refractivity contribution in [3.63, 3.8) is 0 Å². The van der Waals surface area contributed by atoms with Crippen molar-refractivity contribution in [2.45, 2.75) is 59.0 Å². The Hall–Kier alpha value is -2.88. The molecule has 0 atom stereocenters. The molecule has 1 aliphatic carbocycles. The van der Waals surface area contributed by atoms with E-state index in [1.165, 1.54) is 29.2 Å². The summed E-state index contributed by atoms with van der Waals surface area (Å²) in [6, 6.07) is 11.2. The fourth-order valence-electron chi connectivity index (χ4n) is 4.22. The first-order valence-electron chi connectivity index (χ1n) is 10.3. The van der Waals surface area contributed by atoms with Crippen LogP contribution in [0.4, 0.5) is 0 Å². The van der Waals surface area contributed by atoms with Crippen LogP contribution in [0.3, 0.4) is 0 Å². The zero-order chi connectivity index (χ0) is 20.5. The maximum atomic E-state index is 12.6. The van der Waals surface area contributed by atoms with Crippen molar-refractivity contribution < 1.29 is 13.9 Å². The predicted molar refractivity (Wildman–Crippen MR) is 114 cm³/mol. The van der Waals surface area contributed by atoms with Crippen LogP contribution in [0.25, 0.3) is 11.0 Å². The summed E-state index contributed by atoms with van der Waals surface area (Å²) >= 11 is 0. The zero-order valence-corrected chi connectivity index (χ0v) is 17.2. The molecule has 2 aromatic carbocycles. The third-order valence-electron chi connectivity index (χ3n) is 5.78. The van der Waals surface area contributed by atoms with Crippen LogP contribution in [0.1, 0.15) is 70.8 Å². The molecule has 0 aliphatic heterocycles. The number of benzene rings is 2. The monoisotopic (exact) mass is 390 g/mol. The van der Waals surface area contributed by atoms with Gasteiger partial charge in [-0.25, -0.2) is 9.59 Å². The lowest BCUT2D eigenvalue weighted by atomic mass is 9.90. The van der Waals surface area contributed by atoms with Crippen molar-refractivity contribution in [1.29, 1.82) is 0 Å². The van der Waals surface area contributed by atoms with Crippen LogP contribution < -0.4 is 5.63 Å². The van der Waals surface area contributed by atoms with Crippen LogP contribution in [0, 0.1) is 6.92 Å².